The standard InChI is InChI=1S/C15H22ClNO2/c1-11-6-4-7-12(13(11)16)14(19)17-9-5-8-15(2,3)10-18/h4,6-7,18H,5,8-10H2,1-3H3,(H,17,19). The van der Waals surface area contributed by atoms with Gasteiger partial charge in [-0.15, -0.1) is 0 Å². The summed E-state index contributed by atoms with van der Waals surface area (Å²) in [5.74, 6) is -0.143. The predicted molar refractivity (Wildman–Crippen MR) is 78.6 cm³/mol. The van der Waals surface area contributed by atoms with Gasteiger partial charge in [-0.05, 0) is 36.8 Å². The lowest BCUT2D eigenvalue weighted by atomic mass is 9.89. The Morgan fingerprint density at radius 3 is 2.74 bits per heavy atom. The number of aliphatic hydroxyl groups is 1. The summed E-state index contributed by atoms with van der Waals surface area (Å²) < 4.78 is 0. The average Bonchev–Trinajstić information content (AvgIpc) is 2.37. The third-order valence-corrected chi connectivity index (χ3v) is 3.68. The van der Waals surface area contributed by atoms with E-state index in [2.05, 4.69) is 5.32 Å². The van der Waals surface area contributed by atoms with Gasteiger partial charge in [0.1, 0.15) is 0 Å². The zero-order valence-corrected chi connectivity index (χ0v) is 12.5. The third-order valence-electron chi connectivity index (χ3n) is 3.18. The van der Waals surface area contributed by atoms with Gasteiger partial charge in [0.05, 0.1) is 10.6 Å². The maximum Gasteiger partial charge on any atom is 0.252 e. The minimum absolute atomic E-state index is 0.0916. The molecule has 0 saturated carbocycles. The van der Waals surface area contributed by atoms with Crippen LogP contribution in [0.15, 0.2) is 18.2 Å². The Kier molecular flexibility index (Phi) is 5.83. The summed E-state index contributed by atoms with van der Waals surface area (Å²) in [4.78, 5) is 12.0. The minimum Gasteiger partial charge on any atom is -0.396 e. The molecule has 0 saturated heterocycles. The molecule has 1 aromatic carbocycles. The Labute approximate surface area is 120 Å². The van der Waals surface area contributed by atoms with Crippen molar-refractivity contribution in [2.75, 3.05) is 13.2 Å². The second kappa shape index (κ2) is 6.92. The average molecular weight is 284 g/mol. The number of hydrogen-bond donors (Lipinski definition) is 2. The van der Waals surface area contributed by atoms with E-state index in [1.165, 1.54) is 0 Å². The van der Waals surface area contributed by atoms with E-state index in [0.29, 0.717) is 17.1 Å². The molecule has 0 unspecified atom stereocenters. The van der Waals surface area contributed by atoms with Crippen LogP contribution in [-0.2, 0) is 0 Å². The highest BCUT2D eigenvalue weighted by atomic mass is 35.5. The molecule has 4 heteroatoms. The first-order valence-electron chi connectivity index (χ1n) is 6.51. The number of carbonyl (C=O) groups excluding carboxylic acids is 1. The van der Waals surface area contributed by atoms with Gasteiger partial charge >= 0.3 is 0 Å². The smallest absolute Gasteiger partial charge is 0.252 e. The van der Waals surface area contributed by atoms with Crippen LogP contribution in [-0.4, -0.2) is 24.2 Å². The number of rotatable bonds is 6. The summed E-state index contributed by atoms with van der Waals surface area (Å²) in [6.07, 6.45) is 1.70. The monoisotopic (exact) mass is 283 g/mol. The highest BCUT2D eigenvalue weighted by molar-refractivity contribution is 6.34. The maximum atomic E-state index is 12.0. The molecule has 0 fully saturated rings. The molecular formula is C15H22ClNO2. The van der Waals surface area contributed by atoms with Gasteiger partial charge in [-0.1, -0.05) is 37.6 Å². The van der Waals surface area contributed by atoms with E-state index >= 15 is 0 Å². The van der Waals surface area contributed by atoms with Crippen molar-refractivity contribution in [1.29, 1.82) is 0 Å². The Bertz CT molecular complexity index is 444. The van der Waals surface area contributed by atoms with Crippen LogP contribution in [0.25, 0.3) is 0 Å². The summed E-state index contributed by atoms with van der Waals surface area (Å²) >= 11 is 6.10. The van der Waals surface area contributed by atoms with E-state index in [0.717, 1.165) is 18.4 Å². The van der Waals surface area contributed by atoms with Crippen LogP contribution < -0.4 is 5.32 Å². The van der Waals surface area contributed by atoms with Crippen molar-refractivity contribution < 1.29 is 9.90 Å². The Hall–Kier alpha value is -1.06. The van der Waals surface area contributed by atoms with Crippen molar-refractivity contribution in [3.63, 3.8) is 0 Å². The number of halogens is 1. The molecule has 0 aliphatic rings. The molecular weight excluding hydrogens is 262 g/mol. The van der Waals surface area contributed by atoms with E-state index in [1.807, 2.05) is 32.9 Å². The van der Waals surface area contributed by atoms with Crippen LogP contribution >= 0.6 is 11.6 Å². The fourth-order valence-corrected chi connectivity index (χ4v) is 1.98. The fraction of sp³-hybridized carbons (Fsp3) is 0.533. The van der Waals surface area contributed by atoms with Gasteiger partial charge in [-0.3, -0.25) is 4.79 Å². The molecule has 0 spiro atoms. The van der Waals surface area contributed by atoms with Gasteiger partial charge in [0.15, 0.2) is 0 Å². The molecule has 0 radical (unpaired) electrons. The molecule has 0 bridgehead atoms. The van der Waals surface area contributed by atoms with E-state index in [4.69, 9.17) is 16.7 Å². The maximum absolute atomic E-state index is 12.0. The summed E-state index contributed by atoms with van der Waals surface area (Å²) in [7, 11) is 0. The number of aliphatic hydroxyl groups excluding tert-OH is 1. The molecule has 2 N–H and O–H groups in total. The number of carbonyl (C=O) groups is 1. The molecule has 106 valence electrons. The normalized spacial score (nSPS) is 11.4. The molecule has 3 nitrogen and oxygen atoms in total. The molecule has 1 rings (SSSR count). The number of hydrogen-bond acceptors (Lipinski definition) is 2. The van der Waals surface area contributed by atoms with E-state index in [9.17, 15) is 4.79 Å². The van der Waals surface area contributed by atoms with Crippen LogP contribution in [0.1, 0.15) is 42.6 Å². The fourth-order valence-electron chi connectivity index (χ4n) is 1.77. The van der Waals surface area contributed by atoms with E-state index in [1.54, 1.807) is 6.07 Å². The lowest BCUT2D eigenvalue weighted by Crippen LogP contribution is -2.26. The van der Waals surface area contributed by atoms with Crippen molar-refractivity contribution in [2.45, 2.75) is 33.6 Å². The molecule has 0 heterocycles. The van der Waals surface area contributed by atoms with E-state index < -0.39 is 0 Å². The summed E-state index contributed by atoms with van der Waals surface area (Å²) in [6, 6.07) is 5.43. The first-order valence-corrected chi connectivity index (χ1v) is 6.89. The van der Waals surface area contributed by atoms with Crippen molar-refractivity contribution in [1.82, 2.24) is 5.32 Å². The minimum atomic E-state index is -0.143. The number of aryl methyl sites for hydroxylation is 1. The van der Waals surface area contributed by atoms with Crippen LogP contribution in [0.5, 0.6) is 0 Å². The summed E-state index contributed by atoms with van der Waals surface area (Å²) in [5.41, 5.74) is 1.32. The predicted octanol–water partition coefficient (Wildman–Crippen LogP) is 3.18. The van der Waals surface area contributed by atoms with Crippen LogP contribution in [0.3, 0.4) is 0 Å². The van der Waals surface area contributed by atoms with Gasteiger partial charge in [-0.25, -0.2) is 0 Å². The zero-order chi connectivity index (χ0) is 14.5. The Balaban J connectivity index is 2.46. The molecule has 19 heavy (non-hydrogen) atoms. The van der Waals surface area contributed by atoms with Crippen molar-refractivity contribution >= 4 is 17.5 Å². The number of nitrogens with one attached hydrogen (secondary N) is 1. The topological polar surface area (TPSA) is 49.3 Å². The van der Waals surface area contributed by atoms with Gasteiger partial charge in [-0.2, -0.15) is 0 Å². The van der Waals surface area contributed by atoms with Gasteiger partial charge < -0.3 is 10.4 Å². The highest BCUT2D eigenvalue weighted by Gasteiger charge is 2.16. The van der Waals surface area contributed by atoms with Crippen molar-refractivity contribution in [3.05, 3.63) is 34.3 Å². The lowest BCUT2D eigenvalue weighted by Gasteiger charge is -2.21. The van der Waals surface area contributed by atoms with Crippen LogP contribution in [0, 0.1) is 12.3 Å². The van der Waals surface area contributed by atoms with Crippen LogP contribution in [0.4, 0.5) is 0 Å². The molecule has 1 aromatic rings. The van der Waals surface area contributed by atoms with Crippen LogP contribution in [0.2, 0.25) is 5.02 Å². The molecule has 0 aromatic heterocycles. The van der Waals surface area contributed by atoms with Gasteiger partial charge in [0.2, 0.25) is 0 Å². The highest BCUT2D eigenvalue weighted by Crippen LogP contribution is 2.21. The Morgan fingerprint density at radius 1 is 1.42 bits per heavy atom. The van der Waals surface area contributed by atoms with Gasteiger partial charge in [0, 0.05) is 13.2 Å². The van der Waals surface area contributed by atoms with Gasteiger partial charge in [0.25, 0.3) is 5.91 Å². The first-order chi connectivity index (χ1) is 8.87. The molecule has 0 atom stereocenters. The lowest BCUT2D eigenvalue weighted by molar-refractivity contribution is 0.0948. The third kappa shape index (κ3) is 4.84. The Morgan fingerprint density at radius 2 is 2.11 bits per heavy atom. The second-order valence-electron chi connectivity index (χ2n) is 5.62. The zero-order valence-electron chi connectivity index (χ0n) is 11.8. The van der Waals surface area contributed by atoms with E-state index in [-0.39, 0.29) is 17.9 Å². The first kappa shape index (κ1) is 16.0. The summed E-state index contributed by atoms with van der Waals surface area (Å²) in [5, 5.41) is 12.5. The number of benzene rings is 1. The van der Waals surface area contributed by atoms with Crippen molar-refractivity contribution in [3.8, 4) is 0 Å². The second-order valence-corrected chi connectivity index (χ2v) is 6.00. The summed E-state index contributed by atoms with van der Waals surface area (Å²) in [6.45, 7) is 6.64. The molecule has 0 aliphatic heterocycles. The quantitative estimate of drug-likeness (QED) is 0.788. The molecule has 1 amide bonds. The molecule has 0 aliphatic carbocycles. The SMILES string of the molecule is Cc1cccc(C(=O)NCCCC(C)(C)CO)c1Cl. The largest absolute Gasteiger partial charge is 0.396 e. The number of amides is 1. The van der Waals surface area contributed by atoms with Crippen molar-refractivity contribution in [2.24, 2.45) is 5.41 Å².